The third-order valence-electron chi connectivity index (χ3n) is 2.66. The van der Waals surface area contributed by atoms with Gasteiger partial charge in [-0.2, -0.15) is 5.26 Å². The second-order valence-corrected chi connectivity index (χ2v) is 4.65. The summed E-state index contributed by atoms with van der Waals surface area (Å²) in [6.45, 7) is 0. The number of benzene rings is 2. The Morgan fingerprint density at radius 1 is 1.20 bits per heavy atom. The quantitative estimate of drug-likeness (QED) is 0.765. The van der Waals surface area contributed by atoms with Gasteiger partial charge in [0.2, 0.25) is 0 Å². The molecule has 20 heavy (non-hydrogen) atoms. The van der Waals surface area contributed by atoms with Crippen molar-refractivity contribution in [3.63, 3.8) is 0 Å². The topological polar surface area (TPSA) is 42.2 Å². The standard InChI is InChI=1S/C15H11Cl2NO2/c1-19-12-5-10(9-18)6-13(7-12)20-15-11(8-16)3-2-4-14(15)17/h2-7H,8H2,1H3. The molecular formula is C15H11Cl2NO2. The van der Waals surface area contributed by atoms with Gasteiger partial charge >= 0.3 is 0 Å². The van der Waals surface area contributed by atoms with E-state index >= 15 is 0 Å². The summed E-state index contributed by atoms with van der Waals surface area (Å²) < 4.78 is 10.9. The molecule has 0 amide bonds. The summed E-state index contributed by atoms with van der Waals surface area (Å²) in [7, 11) is 1.53. The van der Waals surface area contributed by atoms with Gasteiger partial charge in [-0.15, -0.1) is 11.6 Å². The van der Waals surface area contributed by atoms with Gasteiger partial charge in [-0.05, 0) is 18.2 Å². The third kappa shape index (κ3) is 3.16. The summed E-state index contributed by atoms with van der Waals surface area (Å²) in [5.41, 5.74) is 1.22. The molecule has 0 spiro atoms. The van der Waals surface area contributed by atoms with Crippen molar-refractivity contribution >= 4 is 23.2 Å². The van der Waals surface area contributed by atoms with E-state index in [9.17, 15) is 0 Å². The average Bonchev–Trinajstić information content (AvgIpc) is 2.48. The summed E-state index contributed by atoms with van der Waals surface area (Å²) in [6.07, 6.45) is 0. The van der Waals surface area contributed by atoms with Crippen LogP contribution in [0, 0.1) is 11.3 Å². The van der Waals surface area contributed by atoms with Crippen LogP contribution in [-0.2, 0) is 5.88 Å². The zero-order valence-electron chi connectivity index (χ0n) is 10.7. The SMILES string of the molecule is COc1cc(C#N)cc(Oc2c(Cl)cccc2CCl)c1. The first kappa shape index (κ1) is 14.5. The molecule has 0 N–H and O–H groups in total. The summed E-state index contributed by atoms with van der Waals surface area (Å²) in [6, 6.07) is 12.3. The van der Waals surface area contributed by atoms with Gasteiger partial charge in [-0.3, -0.25) is 0 Å². The first-order valence-corrected chi connectivity index (χ1v) is 6.69. The van der Waals surface area contributed by atoms with Crippen LogP contribution in [0.15, 0.2) is 36.4 Å². The van der Waals surface area contributed by atoms with Crippen molar-refractivity contribution in [2.45, 2.75) is 5.88 Å². The van der Waals surface area contributed by atoms with Gasteiger partial charge in [-0.25, -0.2) is 0 Å². The second kappa shape index (κ2) is 6.51. The predicted molar refractivity (Wildman–Crippen MR) is 78.8 cm³/mol. The largest absolute Gasteiger partial charge is 0.497 e. The van der Waals surface area contributed by atoms with Crippen molar-refractivity contribution in [1.29, 1.82) is 5.26 Å². The van der Waals surface area contributed by atoms with E-state index in [2.05, 4.69) is 6.07 Å². The molecule has 0 heterocycles. The minimum absolute atomic E-state index is 0.283. The molecule has 2 aromatic carbocycles. The molecule has 0 radical (unpaired) electrons. The smallest absolute Gasteiger partial charge is 0.150 e. The van der Waals surface area contributed by atoms with E-state index < -0.39 is 0 Å². The molecule has 0 saturated heterocycles. The van der Waals surface area contributed by atoms with Crippen LogP contribution in [0.2, 0.25) is 5.02 Å². The molecule has 0 unspecified atom stereocenters. The molecule has 0 aliphatic heterocycles. The third-order valence-corrected chi connectivity index (χ3v) is 3.24. The predicted octanol–water partition coefficient (Wildman–Crippen LogP) is 4.75. The van der Waals surface area contributed by atoms with Gasteiger partial charge in [0.15, 0.2) is 0 Å². The fourth-order valence-corrected chi connectivity index (χ4v) is 2.15. The zero-order valence-corrected chi connectivity index (χ0v) is 12.2. The van der Waals surface area contributed by atoms with Crippen LogP contribution in [0.4, 0.5) is 0 Å². The molecule has 0 aliphatic carbocycles. The highest BCUT2D eigenvalue weighted by atomic mass is 35.5. The van der Waals surface area contributed by atoms with Crippen LogP contribution in [0.5, 0.6) is 17.2 Å². The summed E-state index contributed by atoms with van der Waals surface area (Å²) in [4.78, 5) is 0. The lowest BCUT2D eigenvalue weighted by molar-refractivity contribution is 0.408. The van der Waals surface area contributed by atoms with Crippen molar-refractivity contribution in [2.24, 2.45) is 0 Å². The van der Waals surface area contributed by atoms with Gasteiger partial charge in [0, 0.05) is 11.6 Å². The lowest BCUT2D eigenvalue weighted by atomic mass is 10.2. The normalized spacial score (nSPS) is 9.90. The molecule has 0 saturated carbocycles. The summed E-state index contributed by atoms with van der Waals surface area (Å²) in [5, 5.41) is 9.46. The number of ether oxygens (including phenoxy) is 2. The lowest BCUT2D eigenvalue weighted by Gasteiger charge is -2.12. The maximum absolute atomic E-state index is 9.00. The van der Waals surface area contributed by atoms with Crippen molar-refractivity contribution in [3.05, 3.63) is 52.5 Å². The lowest BCUT2D eigenvalue weighted by Crippen LogP contribution is -1.93. The van der Waals surface area contributed by atoms with Crippen molar-refractivity contribution < 1.29 is 9.47 Å². The number of nitrogens with zero attached hydrogens (tertiary/aromatic N) is 1. The first-order chi connectivity index (χ1) is 9.67. The molecule has 0 aliphatic rings. The van der Waals surface area contributed by atoms with E-state index in [4.69, 9.17) is 37.9 Å². The molecule has 2 rings (SSSR count). The minimum Gasteiger partial charge on any atom is -0.497 e. The number of alkyl halides is 1. The number of hydrogen-bond acceptors (Lipinski definition) is 3. The maximum Gasteiger partial charge on any atom is 0.150 e. The van der Waals surface area contributed by atoms with Crippen LogP contribution in [-0.4, -0.2) is 7.11 Å². The molecule has 102 valence electrons. The number of rotatable bonds is 4. The summed E-state index contributed by atoms with van der Waals surface area (Å²) in [5.74, 6) is 1.78. The number of nitriles is 1. The Labute approximate surface area is 127 Å². The Kier molecular flexibility index (Phi) is 4.73. The van der Waals surface area contributed by atoms with E-state index in [1.807, 2.05) is 6.07 Å². The molecule has 2 aromatic rings. The van der Waals surface area contributed by atoms with Crippen molar-refractivity contribution in [3.8, 4) is 23.3 Å². The van der Waals surface area contributed by atoms with Gasteiger partial charge in [0.05, 0.1) is 29.6 Å². The van der Waals surface area contributed by atoms with Crippen LogP contribution < -0.4 is 9.47 Å². The van der Waals surface area contributed by atoms with Crippen LogP contribution in [0.1, 0.15) is 11.1 Å². The highest BCUT2D eigenvalue weighted by Crippen LogP contribution is 2.35. The van der Waals surface area contributed by atoms with E-state index in [0.29, 0.717) is 27.8 Å². The summed E-state index contributed by atoms with van der Waals surface area (Å²) >= 11 is 12.0. The molecule has 0 atom stereocenters. The Hall–Kier alpha value is -1.89. The first-order valence-electron chi connectivity index (χ1n) is 5.78. The Bertz CT molecular complexity index is 665. The van der Waals surface area contributed by atoms with E-state index in [0.717, 1.165) is 5.56 Å². The Morgan fingerprint density at radius 2 is 1.95 bits per heavy atom. The molecule has 5 heteroatoms. The van der Waals surface area contributed by atoms with Crippen LogP contribution in [0.25, 0.3) is 0 Å². The monoisotopic (exact) mass is 307 g/mol. The second-order valence-electron chi connectivity index (χ2n) is 3.97. The van der Waals surface area contributed by atoms with Crippen molar-refractivity contribution in [1.82, 2.24) is 0 Å². The van der Waals surface area contributed by atoms with Crippen LogP contribution in [0.3, 0.4) is 0 Å². The van der Waals surface area contributed by atoms with Gasteiger partial charge in [0.25, 0.3) is 0 Å². The molecule has 0 aromatic heterocycles. The number of hydrogen-bond donors (Lipinski definition) is 0. The highest BCUT2D eigenvalue weighted by Gasteiger charge is 2.10. The van der Waals surface area contributed by atoms with E-state index in [-0.39, 0.29) is 5.88 Å². The fraction of sp³-hybridized carbons (Fsp3) is 0.133. The van der Waals surface area contributed by atoms with Crippen molar-refractivity contribution in [2.75, 3.05) is 7.11 Å². The molecule has 0 bridgehead atoms. The number of para-hydroxylation sites is 1. The molecular weight excluding hydrogens is 297 g/mol. The average molecular weight is 308 g/mol. The maximum atomic E-state index is 9.00. The van der Waals surface area contributed by atoms with Gasteiger partial charge in [0.1, 0.15) is 17.2 Å². The molecule has 3 nitrogen and oxygen atoms in total. The molecule has 0 fully saturated rings. The zero-order chi connectivity index (χ0) is 14.5. The number of halogens is 2. The Morgan fingerprint density at radius 3 is 2.60 bits per heavy atom. The van der Waals surface area contributed by atoms with Crippen LogP contribution >= 0.6 is 23.2 Å². The fourth-order valence-electron chi connectivity index (χ4n) is 1.70. The van der Waals surface area contributed by atoms with E-state index in [1.54, 1.807) is 30.3 Å². The highest BCUT2D eigenvalue weighted by molar-refractivity contribution is 6.32. The van der Waals surface area contributed by atoms with E-state index in [1.165, 1.54) is 7.11 Å². The Balaban J connectivity index is 2.42. The number of methoxy groups -OCH3 is 1. The van der Waals surface area contributed by atoms with Gasteiger partial charge in [-0.1, -0.05) is 23.7 Å². The minimum atomic E-state index is 0.283. The van der Waals surface area contributed by atoms with Gasteiger partial charge < -0.3 is 9.47 Å².